The van der Waals surface area contributed by atoms with E-state index in [1.54, 1.807) is 12.1 Å². The third kappa shape index (κ3) is 4.32. The van der Waals surface area contributed by atoms with Gasteiger partial charge in [-0.3, -0.25) is 14.9 Å². The highest BCUT2D eigenvalue weighted by atomic mass is 35.5. The zero-order chi connectivity index (χ0) is 22.1. The SMILES string of the molecule is CC(C)CNC(=O)[C@@H]1Cc2cc([N+](=O)[O-])ccc2N2CCN(c3ccccc3Cl)C[C@H]12. The summed E-state index contributed by atoms with van der Waals surface area (Å²) in [6.45, 7) is 6.88. The third-order valence-corrected chi connectivity index (χ3v) is 6.44. The maximum atomic E-state index is 13.2. The molecule has 7 nitrogen and oxygen atoms in total. The highest BCUT2D eigenvalue weighted by Crippen LogP contribution is 2.39. The molecule has 31 heavy (non-hydrogen) atoms. The lowest BCUT2D eigenvalue weighted by Crippen LogP contribution is -2.61. The molecule has 2 aromatic rings. The average Bonchev–Trinajstić information content (AvgIpc) is 2.76. The number of non-ortho nitro benzene ring substituents is 1. The van der Waals surface area contributed by atoms with Gasteiger partial charge in [0.15, 0.2) is 0 Å². The summed E-state index contributed by atoms with van der Waals surface area (Å²) in [6, 6.07) is 12.7. The zero-order valence-electron chi connectivity index (χ0n) is 17.8. The van der Waals surface area contributed by atoms with Crippen LogP contribution in [0.5, 0.6) is 0 Å². The molecule has 1 fully saturated rings. The Morgan fingerprint density at radius 2 is 2.00 bits per heavy atom. The van der Waals surface area contributed by atoms with E-state index < -0.39 is 0 Å². The molecule has 0 spiro atoms. The zero-order valence-corrected chi connectivity index (χ0v) is 18.5. The Bertz CT molecular complexity index is 997. The van der Waals surface area contributed by atoms with Crippen LogP contribution in [0.25, 0.3) is 0 Å². The van der Waals surface area contributed by atoms with Crippen molar-refractivity contribution in [3.05, 3.63) is 63.2 Å². The normalized spacial score (nSPS) is 20.3. The number of nitrogens with zero attached hydrogens (tertiary/aromatic N) is 3. The first-order chi connectivity index (χ1) is 14.8. The maximum absolute atomic E-state index is 13.2. The molecule has 0 aliphatic carbocycles. The van der Waals surface area contributed by atoms with Crippen LogP contribution >= 0.6 is 11.6 Å². The maximum Gasteiger partial charge on any atom is 0.269 e. The second-order valence-electron chi connectivity index (χ2n) is 8.68. The van der Waals surface area contributed by atoms with Gasteiger partial charge in [0.05, 0.1) is 27.6 Å². The lowest BCUT2D eigenvalue weighted by molar-refractivity contribution is -0.384. The Hall–Kier alpha value is -2.80. The predicted octanol–water partition coefficient (Wildman–Crippen LogP) is 3.89. The molecule has 1 N–H and O–H groups in total. The smallest absolute Gasteiger partial charge is 0.269 e. The number of nitro groups is 1. The minimum Gasteiger partial charge on any atom is -0.366 e. The molecule has 164 valence electrons. The molecular formula is C23H27ClN4O3. The summed E-state index contributed by atoms with van der Waals surface area (Å²) in [5.41, 5.74) is 2.89. The number of nitro benzene ring substituents is 1. The van der Waals surface area contributed by atoms with Gasteiger partial charge in [0, 0.05) is 44.0 Å². The minimum absolute atomic E-state index is 0.00173. The van der Waals surface area contributed by atoms with Crippen LogP contribution in [0, 0.1) is 22.0 Å². The van der Waals surface area contributed by atoms with E-state index in [-0.39, 0.29) is 28.5 Å². The first-order valence-corrected chi connectivity index (χ1v) is 11.0. The number of amides is 1. The number of hydrogen-bond acceptors (Lipinski definition) is 5. The summed E-state index contributed by atoms with van der Waals surface area (Å²) in [5, 5.41) is 15.1. The lowest BCUT2D eigenvalue weighted by atomic mass is 9.83. The van der Waals surface area contributed by atoms with Crippen LogP contribution in [0.3, 0.4) is 0 Å². The van der Waals surface area contributed by atoms with Crippen LogP contribution in [0.1, 0.15) is 19.4 Å². The van der Waals surface area contributed by atoms with Crippen LogP contribution in [0.2, 0.25) is 5.02 Å². The quantitative estimate of drug-likeness (QED) is 0.561. The van der Waals surface area contributed by atoms with Gasteiger partial charge in [-0.1, -0.05) is 37.6 Å². The van der Waals surface area contributed by atoms with Crippen molar-refractivity contribution in [1.29, 1.82) is 0 Å². The van der Waals surface area contributed by atoms with Gasteiger partial charge < -0.3 is 15.1 Å². The Morgan fingerprint density at radius 3 is 2.71 bits per heavy atom. The molecule has 0 aromatic heterocycles. The van der Waals surface area contributed by atoms with Gasteiger partial charge in [0.1, 0.15) is 0 Å². The van der Waals surface area contributed by atoms with E-state index in [0.29, 0.717) is 37.0 Å². The number of carbonyl (C=O) groups is 1. The summed E-state index contributed by atoms with van der Waals surface area (Å²) in [6.07, 6.45) is 0.485. The van der Waals surface area contributed by atoms with E-state index >= 15 is 0 Å². The molecule has 8 heteroatoms. The van der Waals surface area contributed by atoms with Gasteiger partial charge in [-0.25, -0.2) is 0 Å². The molecule has 2 heterocycles. The lowest BCUT2D eigenvalue weighted by Gasteiger charge is -2.49. The fourth-order valence-electron chi connectivity index (χ4n) is 4.59. The first kappa shape index (κ1) is 21.4. The van der Waals surface area contributed by atoms with Crippen LogP contribution in [0.15, 0.2) is 42.5 Å². The molecule has 2 atom stereocenters. The van der Waals surface area contributed by atoms with Crippen molar-refractivity contribution in [2.45, 2.75) is 26.3 Å². The van der Waals surface area contributed by atoms with Gasteiger partial charge in [0.2, 0.25) is 5.91 Å². The summed E-state index contributed by atoms with van der Waals surface area (Å²) in [4.78, 5) is 28.6. The molecule has 0 radical (unpaired) electrons. The van der Waals surface area contributed by atoms with E-state index in [1.165, 1.54) is 0 Å². The Labute approximate surface area is 187 Å². The second-order valence-corrected chi connectivity index (χ2v) is 9.09. The van der Waals surface area contributed by atoms with Crippen LogP contribution in [0.4, 0.5) is 17.1 Å². The summed E-state index contributed by atoms with van der Waals surface area (Å²) >= 11 is 6.45. The van der Waals surface area contributed by atoms with Crippen molar-refractivity contribution in [1.82, 2.24) is 5.32 Å². The number of piperazine rings is 1. The standard InChI is InChI=1S/C23H27ClN4O3/c1-15(2)13-25-23(29)18-12-16-11-17(28(30)31)7-8-20(16)27-10-9-26(14-22(18)27)21-6-4-3-5-19(21)24/h3-8,11,15,18,22H,9-10,12-14H2,1-2H3,(H,25,29)/t18-,22-/m1/s1. The van der Waals surface area contributed by atoms with E-state index in [0.717, 1.165) is 23.5 Å². The van der Waals surface area contributed by atoms with Gasteiger partial charge in [-0.15, -0.1) is 0 Å². The molecule has 1 saturated heterocycles. The van der Waals surface area contributed by atoms with E-state index in [1.807, 2.05) is 30.3 Å². The number of nitrogens with one attached hydrogen (secondary N) is 1. The number of halogens is 1. The van der Waals surface area contributed by atoms with Gasteiger partial charge in [-0.05, 0) is 36.1 Å². The number of rotatable bonds is 5. The molecule has 0 saturated carbocycles. The van der Waals surface area contributed by atoms with Crippen LogP contribution in [-0.2, 0) is 11.2 Å². The van der Waals surface area contributed by atoms with Gasteiger partial charge in [0.25, 0.3) is 5.69 Å². The molecule has 2 aliphatic heterocycles. The van der Waals surface area contributed by atoms with Crippen LogP contribution < -0.4 is 15.1 Å². The van der Waals surface area contributed by atoms with Crippen molar-refractivity contribution >= 4 is 34.6 Å². The monoisotopic (exact) mass is 442 g/mol. The average molecular weight is 443 g/mol. The molecule has 4 rings (SSSR count). The van der Waals surface area contributed by atoms with Crippen molar-refractivity contribution in [2.24, 2.45) is 11.8 Å². The Morgan fingerprint density at radius 1 is 1.23 bits per heavy atom. The number of benzene rings is 2. The Kier molecular flexibility index (Phi) is 6.05. The largest absolute Gasteiger partial charge is 0.366 e. The Balaban J connectivity index is 1.67. The molecule has 2 aliphatic rings. The second kappa shape index (κ2) is 8.75. The van der Waals surface area contributed by atoms with Gasteiger partial charge >= 0.3 is 0 Å². The van der Waals surface area contributed by atoms with Crippen molar-refractivity contribution in [3.63, 3.8) is 0 Å². The fraction of sp³-hybridized carbons (Fsp3) is 0.435. The van der Waals surface area contributed by atoms with Crippen LogP contribution in [-0.4, -0.2) is 43.1 Å². The fourth-order valence-corrected chi connectivity index (χ4v) is 4.84. The van der Waals surface area contributed by atoms with Crippen molar-refractivity contribution in [2.75, 3.05) is 36.0 Å². The molecule has 1 amide bonds. The first-order valence-electron chi connectivity index (χ1n) is 10.7. The third-order valence-electron chi connectivity index (χ3n) is 6.12. The predicted molar refractivity (Wildman–Crippen MR) is 123 cm³/mol. The van der Waals surface area contributed by atoms with Crippen molar-refractivity contribution in [3.8, 4) is 0 Å². The minimum atomic E-state index is -0.379. The summed E-state index contributed by atoms with van der Waals surface area (Å²) in [5.74, 6) is 0.0587. The van der Waals surface area contributed by atoms with Crippen molar-refractivity contribution < 1.29 is 9.72 Å². The topological polar surface area (TPSA) is 78.7 Å². The summed E-state index contributed by atoms with van der Waals surface area (Å²) < 4.78 is 0. The number of anilines is 2. The van der Waals surface area contributed by atoms with E-state index in [9.17, 15) is 14.9 Å². The van der Waals surface area contributed by atoms with E-state index in [4.69, 9.17) is 11.6 Å². The molecule has 0 unspecified atom stereocenters. The highest BCUT2D eigenvalue weighted by Gasteiger charge is 2.42. The highest BCUT2D eigenvalue weighted by molar-refractivity contribution is 6.33. The molecular weight excluding hydrogens is 416 g/mol. The van der Waals surface area contributed by atoms with Gasteiger partial charge in [-0.2, -0.15) is 0 Å². The van der Waals surface area contributed by atoms with E-state index in [2.05, 4.69) is 29.0 Å². The number of carbonyl (C=O) groups excluding carboxylic acids is 1. The number of para-hydroxylation sites is 1. The molecule has 0 bridgehead atoms. The summed E-state index contributed by atoms with van der Waals surface area (Å²) in [7, 11) is 0. The number of hydrogen-bond donors (Lipinski definition) is 1. The number of fused-ring (bicyclic) bond motifs is 3. The molecule has 2 aromatic carbocycles.